The van der Waals surface area contributed by atoms with Crippen LogP contribution in [0.3, 0.4) is 0 Å². The highest BCUT2D eigenvalue weighted by Crippen LogP contribution is 2.36. The Kier molecular flexibility index (Phi) is 6.10. The van der Waals surface area contributed by atoms with E-state index in [4.69, 9.17) is 38.0 Å². The minimum Gasteiger partial charge on any atom is -0.480 e. The second-order valence-electron chi connectivity index (χ2n) is 7.11. The van der Waals surface area contributed by atoms with Crippen LogP contribution in [0.15, 0.2) is 36.9 Å². The van der Waals surface area contributed by atoms with E-state index >= 15 is 0 Å². The summed E-state index contributed by atoms with van der Waals surface area (Å²) in [6.07, 6.45) is 5.96. The molecule has 8 nitrogen and oxygen atoms in total. The maximum absolute atomic E-state index is 10.7. The Balaban J connectivity index is 1.73. The summed E-state index contributed by atoms with van der Waals surface area (Å²) < 4.78 is 6.96. The highest BCUT2D eigenvalue weighted by molar-refractivity contribution is 6.45. The summed E-state index contributed by atoms with van der Waals surface area (Å²) in [5.74, 6) is -0.423. The fourth-order valence-electron chi connectivity index (χ4n) is 3.82. The number of nitrogens with zero attached hydrogens (tertiary/aromatic N) is 4. The van der Waals surface area contributed by atoms with Gasteiger partial charge in [-0.15, -0.1) is 0 Å². The number of carboxylic acids is 1. The Bertz CT molecular complexity index is 1060. The molecule has 0 spiro atoms. The lowest BCUT2D eigenvalue weighted by Crippen LogP contribution is -2.42. The molecule has 3 aromatic rings. The third-order valence-electron chi connectivity index (χ3n) is 5.17. The zero-order valence-electron chi connectivity index (χ0n) is 15.9. The van der Waals surface area contributed by atoms with Gasteiger partial charge in [0.05, 0.1) is 46.3 Å². The summed E-state index contributed by atoms with van der Waals surface area (Å²) in [6, 6.07) is 5.27. The van der Waals surface area contributed by atoms with Crippen molar-refractivity contribution in [3.63, 3.8) is 0 Å². The van der Waals surface area contributed by atoms with E-state index in [9.17, 15) is 9.90 Å². The maximum Gasteiger partial charge on any atom is 0.329 e. The first kappa shape index (κ1) is 20.9. The minimum absolute atomic E-state index is 0.0675. The van der Waals surface area contributed by atoms with Gasteiger partial charge >= 0.3 is 5.97 Å². The van der Waals surface area contributed by atoms with Gasteiger partial charge in [0.2, 0.25) is 0 Å². The molecule has 0 saturated carbocycles. The van der Waals surface area contributed by atoms with Crippen LogP contribution in [-0.4, -0.2) is 62.6 Å². The van der Waals surface area contributed by atoms with E-state index in [1.165, 1.54) is 0 Å². The summed E-state index contributed by atoms with van der Waals surface area (Å²) in [5.41, 5.74) is 1.40. The van der Waals surface area contributed by atoms with Crippen molar-refractivity contribution < 1.29 is 19.7 Å². The van der Waals surface area contributed by atoms with Crippen molar-refractivity contribution in [1.82, 2.24) is 14.5 Å². The summed E-state index contributed by atoms with van der Waals surface area (Å²) in [4.78, 5) is 21.6. The lowest BCUT2D eigenvalue weighted by atomic mass is 10.1. The fourth-order valence-corrected chi connectivity index (χ4v) is 4.18. The van der Waals surface area contributed by atoms with Crippen molar-refractivity contribution in [2.24, 2.45) is 0 Å². The van der Waals surface area contributed by atoms with Crippen molar-refractivity contribution in [1.29, 1.82) is 0 Å². The van der Waals surface area contributed by atoms with Crippen molar-refractivity contribution in [3.05, 3.63) is 47.0 Å². The molecule has 1 aromatic carbocycles. The normalized spacial score (nSPS) is 17.6. The molecule has 2 N–H and O–H groups in total. The van der Waals surface area contributed by atoms with E-state index in [-0.39, 0.29) is 12.6 Å². The highest BCUT2D eigenvalue weighted by Gasteiger charge is 2.32. The number of hydrogen-bond donors (Lipinski definition) is 2. The summed E-state index contributed by atoms with van der Waals surface area (Å²) >= 11 is 12.7. The van der Waals surface area contributed by atoms with Crippen molar-refractivity contribution in [2.75, 3.05) is 24.7 Å². The second-order valence-corrected chi connectivity index (χ2v) is 7.89. The van der Waals surface area contributed by atoms with Gasteiger partial charge in [-0.3, -0.25) is 0 Å². The number of aliphatic carboxylic acids is 1. The van der Waals surface area contributed by atoms with Crippen LogP contribution in [0.4, 0.5) is 5.82 Å². The van der Waals surface area contributed by atoms with E-state index in [1.54, 1.807) is 18.6 Å². The largest absolute Gasteiger partial charge is 0.480 e. The van der Waals surface area contributed by atoms with Crippen LogP contribution in [-0.2, 0) is 9.53 Å². The molecule has 2 aromatic heterocycles. The van der Waals surface area contributed by atoms with Crippen LogP contribution < -0.4 is 4.90 Å². The minimum atomic E-state index is -1.07. The average molecular weight is 451 g/mol. The van der Waals surface area contributed by atoms with Gasteiger partial charge in [0.25, 0.3) is 0 Å². The number of aliphatic hydroxyl groups excluding tert-OH is 1. The Morgan fingerprint density at radius 1 is 1.37 bits per heavy atom. The Morgan fingerprint density at radius 2 is 2.20 bits per heavy atom. The average Bonchev–Trinajstić information content (AvgIpc) is 3.42. The SMILES string of the molecule is O=C(O)COCC(O)[C@@H]1CCCN1c1cc(-n2ccnc2)c2ccc(Cl)c(Cl)c2n1. The molecular weight excluding hydrogens is 431 g/mol. The van der Waals surface area contributed by atoms with Gasteiger partial charge in [-0.2, -0.15) is 0 Å². The van der Waals surface area contributed by atoms with Gasteiger partial charge < -0.3 is 24.4 Å². The van der Waals surface area contributed by atoms with Crippen LogP contribution in [0.5, 0.6) is 0 Å². The third-order valence-corrected chi connectivity index (χ3v) is 5.97. The molecule has 0 bridgehead atoms. The number of carboxylic acid groups (broad SMARTS) is 1. The van der Waals surface area contributed by atoms with Crippen LogP contribution in [0.1, 0.15) is 12.8 Å². The molecular formula is C20H20Cl2N4O4. The number of aromatic nitrogens is 3. The molecule has 1 unspecified atom stereocenters. The van der Waals surface area contributed by atoms with Crippen LogP contribution in [0, 0.1) is 0 Å². The number of pyridine rings is 1. The number of fused-ring (bicyclic) bond motifs is 1. The van der Waals surface area contributed by atoms with Gasteiger partial charge in [-0.05, 0) is 25.0 Å². The van der Waals surface area contributed by atoms with Crippen molar-refractivity contribution in [2.45, 2.75) is 25.0 Å². The zero-order chi connectivity index (χ0) is 21.3. The predicted octanol–water partition coefficient (Wildman–Crippen LogP) is 3.16. The van der Waals surface area contributed by atoms with Crippen LogP contribution >= 0.6 is 23.2 Å². The van der Waals surface area contributed by atoms with Gasteiger partial charge in [0.1, 0.15) is 12.4 Å². The molecule has 3 heterocycles. The van der Waals surface area contributed by atoms with Crippen LogP contribution in [0.25, 0.3) is 16.6 Å². The number of hydrogen-bond acceptors (Lipinski definition) is 6. The fraction of sp³-hybridized carbons (Fsp3) is 0.350. The number of aliphatic hydroxyl groups is 1. The summed E-state index contributed by atoms with van der Waals surface area (Å²) in [6.45, 7) is 0.180. The van der Waals surface area contributed by atoms with Gasteiger partial charge in [0.15, 0.2) is 0 Å². The lowest BCUT2D eigenvalue weighted by molar-refractivity contribution is -0.143. The number of imidazole rings is 1. The molecule has 2 atom stereocenters. The molecule has 0 aliphatic carbocycles. The number of carbonyl (C=O) groups is 1. The first-order chi connectivity index (χ1) is 14.5. The second kappa shape index (κ2) is 8.77. The summed E-state index contributed by atoms with van der Waals surface area (Å²) in [7, 11) is 0. The molecule has 1 fully saturated rings. The topological polar surface area (TPSA) is 101 Å². The number of benzene rings is 1. The molecule has 1 saturated heterocycles. The smallest absolute Gasteiger partial charge is 0.329 e. The van der Waals surface area contributed by atoms with E-state index in [2.05, 4.69) is 4.98 Å². The number of ether oxygens (including phenoxy) is 1. The third kappa shape index (κ3) is 4.09. The van der Waals surface area contributed by atoms with Gasteiger partial charge in [-0.1, -0.05) is 23.2 Å². The number of rotatable bonds is 7. The van der Waals surface area contributed by atoms with Crippen molar-refractivity contribution in [3.8, 4) is 5.69 Å². The molecule has 30 heavy (non-hydrogen) atoms. The molecule has 1 aliphatic rings. The van der Waals surface area contributed by atoms with E-state index in [0.717, 1.165) is 23.9 Å². The quantitative estimate of drug-likeness (QED) is 0.569. The molecule has 10 heteroatoms. The first-order valence-corrected chi connectivity index (χ1v) is 10.2. The Labute approximate surface area is 182 Å². The van der Waals surface area contributed by atoms with Crippen molar-refractivity contribution >= 4 is 45.9 Å². The van der Waals surface area contributed by atoms with Gasteiger partial charge in [0, 0.05) is 30.4 Å². The predicted molar refractivity (Wildman–Crippen MR) is 114 cm³/mol. The Morgan fingerprint density at radius 3 is 2.93 bits per heavy atom. The number of anilines is 1. The molecule has 4 rings (SSSR count). The number of halogens is 2. The lowest BCUT2D eigenvalue weighted by Gasteiger charge is -2.30. The van der Waals surface area contributed by atoms with Crippen LogP contribution in [0.2, 0.25) is 10.0 Å². The van der Waals surface area contributed by atoms with E-state index < -0.39 is 18.7 Å². The molecule has 0 amide bonds. The monoisotopic (exact) mass is 450 g/mol. The van der Waals surface area contributed by atoms with E-state index in [0.29, 0.717) is 27.9 Å². The molecule has 0 radical (unpaired) electrons. The molecule has 158 valence electrons. The Hall–Kier alpha value is -2.39. The highest BCUT2D eigenvalue weighted by atomic mass is 35.5. The van der Waals surface area contributed by atoms with Gasteiger partial charge in [-0.25, -0.2) is 14.8 Å². The molecule has 1 aliphatic heterocycles. The standard InChI is InChI=1S/C20H20Cl2N4O4/c21-13-4-3-12-15(25-7-5-23-11-25)8-17(24-20(12)19(13)22)26-6-1-2-14(26)16(27)9-30-10-18(28)29/h3-5,7-8,11,14,16,27H,1-2,6,9-10H2,(H,28,29)/t14-,16?/m0/s1. The maximum atomic E-state index is 10.7. The van der Waals surface area contributed by atoms with E-state index in [1.807, 2.05) is 27.8 Å². The zero-order valence-corrected chi connectivity index (χ0v) is 17.4. The summed E-state index contributed by atoms with van der Waals surface area (Å²) in [5, 5.41) is 20.9. The first-order valence-electron chi connectivity index (χ1n) is 9.47.